The molecule has 38 heavy (non-hydrogen) atoms. The van der Waals surface area contributed by atoms with Crippen LogP contribution in [0.25, 0.3) is 0 Å². The number of nitrogens with one attached hydrogen (secondary N) is 1. The molecular formula is C33H51NO4. The third kappa shape index (κ3) is 3.49. The third-order valence-electron chi connectivity index (χ3n) is 13.9. The van der Waals surface area contributed by atoms with Gasteiger partial charge < -0.3 is 5.11 Å². The Labute approximate surface area is 229 Å². The summed E-state index contributed by atoms with van der Waals surface area (Å²) in [5, 5.41) is 10.9. The molecule has 0 saturated heterocycles. The normalized spacial score (nSPS) is 51.6. The number of fused-ring (bicyclic) bond motifs is 7. The summed E-state index contributed by atoms with van der Waals surface area (Å²) in [6.45, 7) is 16.3. The molecule has 212 valence electrons. The Morgan fingerprint density at radius 1 is 0.921 bits per heavy atom. The molecule has 1 amide bonds. The van der Waals surface area contributed by atoms with E-state index in [9.17, 15) is 14.7 Å². The lowest BCUT2D eigenvalue weighted by molar-refractivity contribution is -0.202. The molecule has 6 aliphatic carbocycles. The maximum Gasteiger partial charge on any atom is 0.249 e. The van der Waals surface area contributed by atoms with Crippen molar-refractivity contribution in [2.75, 3.05) is 0 Å². The van der Waals surface area contributed by atoms with Gasteiger partial charge in [-0.3, -0.25) is 14.4 Å². The minimum Gasteiger partial charge on any atom is -0.393 e. The average Bonchev–Trinajstić information content (AvgIpc) is 3.67. The fourth-order valence-corrected chi connectivity index (χ4v) is 10.8. The molecule has 0 bridgehead atoms. The van der Waals surface area contributed by atoms with E-state index >= 15 is 0 Å². The number of carbonyl (C=O) groups is 2. The summed E-state index contributed by atoms with van der Waals surface area (Å²) in [5.41, 5.74) is 3.37. The van der Waals surface area contributed by atoms with Crippen molar-refractivity contribution < 1.29 is 19.5 Å². The van der Waals surface area contributed by atoms with E-state index < -0.39 is 5.41 Å². The van der Waals surface area contributed by atoms with Crippen LogP contribution in [0.5, 0.6) is 0 Å². The monoisotopic (exact) mass is 525 g/mol. The fourth-order valence-electron chi connectivity index (χ4n) is 10.8. The van der Waals surface area contributed by atoms with E-state index in [2.05, 4.69) is 60.0 Å². The quantitative estimate of drug-likeness (QED) is 0.410. The molecule has 0 aromatic rings. The number of amides is 1. The number of hydrogen-bond acceptors (Lipinski definition) is 4. The fraction of sp³-hybridized carbons (Fsp3) is 0.879. The largest absolute Gasteiger partial charge is 0.393 e. The van der Waals surface area contributed by atoms with Crippen molar-refractivity contribution in [1.82, 2.24) is 5.48 Å². The van der Waals surface area contributed by atoms with E-state index in [1.54, 1.807) is 0 Å². The van der Waals surface area contributed by atoms with Crippen LogP contribution in [0.15, 0.2) is 11.6 Å². The van der Waals surface area contributed by atoms with Crippen LogP contribution in [0.4, 0.5) is 0 Å². The standard InChI is InChI=1S/C33H51NO4/c1-28(2)24-10-13-33(7)26(31(24,5)12-11-25(28)36)23(35)18-21-22-19-30(4,27(37)34-38-20-8-9-20)15-14-29(22,3)16-17-32(21,33)6/h18,20,22,24-26,36H,8-17,19H2,1-7H3,(H,34,37)/t22-,24?,25-,26+,29+,30-,31-,32+,33+/m0/s1. The minimum atomic E-state index is -0.480. The number of aliphatic hydroxyl groups is 1. The Balaban J connectivity index is 1.37. The van der Waals surface area contributed by atoms with Crippen molar-refractivity contribution in [1.29, 1.82) is 0 Å². The highest BCUT2D eigenvalue weighted by molar-refractivity contribution is 5.95. The lowest BCUT2D eigenvalue weighted by Crippen LogP contribution is -2.66. The first kappa shape index (κ1) is 27.0. The van der Waals surface area contributed by atoms with Gasteiger partial charge in [0.25, 0.3) is 0 Å². The maximum atomic E-state index is 14.4. The summed E-state index contributed by atoms with van der Waals surface area (Å²) < 4.78 is 0. The second-order valence-corrected chi connectivity index (χ2v) is 16.4. The average molecular weight is 526 g/mol. The van der Waals surface area contributed by atoms with E-state index in [1.165, 1.54) is 5.57 Å². The predicted molar refractivity (Wildman–Crippen MR) is 148 cm³/mol. The van der Waals surface area contributed by atoms with E-state index in [4.69, 9.17) is 4.84 Å². The van der Waals surface area contributed by atoms with Crippen LogP contribution in [0, 0.1) is 50.2 Å². The summed E-state index contributed by atoms with van der Waals surface area (Å²) in [6, 6.07) is 0. The highest BCUT2D eigenvalue weighted by Crippen LogP contribution is 2.75. The molecule has 2 N–H and O–H groups in total. The predicted octanol–water partition coefficient (Wildman–Crippen LogP) is 6.54. The summed E-state index contributed by atoms with van der Waals surface area (Å²) in [5.74, 6) is 0.910. The number of rotatable bonds is 3. The van der Waals surface area contributed by atoms with Crippen LogP contribution in [0.2, 0.25) is 0 Å². The van der Waals surface area contributed by atoms with Gasteiger partial charge in [0.05, 0.1) is 12.2 Å². The Bertz CT molecular complexity index is 1080. The van der Waals surface area contributed by atoms with E-state index in [0.717, 1.165) is 70.6 Å². The number of hydroxylamine groups is 1. The van der Waals surface area contributed by atoms with Crippen molar-refractivity contribution in [3.05, 3.63) is 11.6 Å². The SMILES string of the molecule is CC1(C)C2CC[C@]3(C)[C@H](C(=O)C=C4[C@@H]5C[C@@](C)(C(=O)NOC6CC6)CC[C@]5(C)CC[C@]43C)[C@@]2(C)CC[C@@H]1O. The van der Waals surface area contributed by atoms with Gasteiger partial charge in [0.15, 0.2) is 5.78 Å². The Hall–Kier alpha value is -1.20. The highest BCUT2D eigenvalue weighted by atomic mass is 16.7. The molecule has 0 aromatic heterocycles. The topological polar surface area (TPSA) is 75.6 Å². The van der Waals surface area contributed by atoms with Gasteiger partial charge in [-0.25, -0.2) is 5.48 Å². The van der Waals surface area contributed by atoms with Crippen LogP contribution in [0.3, 0.4) is 0 Å². The first-order valence-electron chi connectivity index (χ1n) is 15.5. The van der Waals surface area contributed by atoms with Gasteiger partial charge in [-0.05, 0) is 116 Å². The van der Waals surface area contributed by atoms with Crippen molar-refractivity contribution in [2.24, 2.45) is 50.2 Å². The van der Waals surface area contributed by atoms with Crippen LogP contribution >= 0.6 is 0 Å². The smallest absolute Gasteiger partial charge is 0.249 e. The number of allylic oxidation sites excluding steroid dienone is 2. The molecule has 9 atom stereocenters. The molecule has 6 aliphatic rings. The maximum absolute atomic E-state index is 14.4. The Morgan fingerprint density at radius 3 is 2.29 bits per heavy atom. The van der Waals surface area contributed by atoms with Crippen molar-refractivity contribution in [3.8, 4) is 0 Å². The molecule has 0 radical (unpaired) electrons. The zero-order valence-electron chi connectivity index (χ0n) is 24.9. The molecule has 5 heteroatoms. The minimum absolute atomic E-state index is 0.0103. The van der Waals surface area contributed by atoms with Crippen molar-refractivity contribution >= 4 is 11.7 Å². The molecule has 5 fully saturated rings. The molecule has 1 unspecified atom stereocenters. The van der Waals surface area contributed by atoms with Gasteiger partial charge >= 0.3 is 0 Å². The molecule has 0 heterocycles. The Morgan fingerprint density at radius 2 is 1.61 bits per heavy atom. The highest BCUT2D eigenvalue weighted by Gasteiger charge is 2.70. The number of hydrogen-bond donors (Lipinski definition) is 2. The lowest BCUT2D eigenvalue weighted by Gasteiger charge is -2.70. The van der Waals surface area contributed by atoms with Gasteiger partial charge in [0, 0.05) is 11.3 Å². The first-order valence-corrected chi connectivity index (χ1v) is 15.5. The zero-order valence-corrected chi connectivity index (χ0v) is 24.9. The molecule has 5 nitrogen and oxygen atoms in total. The number of ketones is 1. The van der Waals surface area contributed by atoms with E-state index in [0.29, 0.717) is 11.7 Å². The van der Waals surface area contributed by atoms with Gasteiger partial charge in [-0.15, -0.1) is 0 Å². The van der Waals surface area contributed by atoms with Gasteiger partial charge in [0.2, 0.25) is 5.91 Å². The van der Waals surface area contributed by atoms with Crippen molar-refractivity contribution in [2.45, 2.75) is 131 Å². The van der Waals surface area contributed by atoms with Crippen LogP contribution in [-0.4, -0.2) is 29.0 Å². The lowest BCUT2D eigenvalue weighted by atomic mass is 9.33. The molecule has 5 saturated carbocycles. The third-order valence-corrected chi connectivity index (χ3v) is 13.9. The molecule has 0 spiro atoms. The van der Waals surface area contributed by atoms with Crippen LogP contribution in [-0.2, 0) is 14.4 Å². The zero-order chi connectivity index (χ0) is 27.5. The molecule has 6 rings (SSSR count). The summed E-state index contributed by atoms with van der Waals surface area (Å²) in [7, 11) is 0. The molecule has 0 aliphatic heterocycles. The summed E-state index contributed by atoms with van der Waals surface area (Å²) >= 11 is 0. The second-order valence-electron chi connectivity index (χ2n) is 16.4. The summed E-state index contributed by atoms with van der Waals surface area (Å²) in [6.07, 6.45) is 12.8. The van der Waals surface area contributed by atoms with Gasteiger partial charge in [-0.1, -0.05) is 54.0 Å². The molecular weight excluding hydrogens is 474 g/mol. The Kier molecular flexibility index (Phi) is 5.81. The van der Waals surface area contributed by atoms with Crippen LogP contribution in [0.1, 0.15) is 119 Å². The first-order chi connectivity index (χ1) is 17.6. The summed E-state index contributed by atoms with van der Waals surface area (Å²) in [4.78, 5) is 33.4. The second kappa shape index (κ2) is 8.18. The van der Waals surface area contributed by atoms with E-state index in [-0.39, 0.29) is 57.0 Å². The molecule has 0 aromatic carbocycles. The number of aliphatic hydroxyl groups excluding tert-OH is 1. The number of carbonyl (C=O) groups excluding carboxylic acids is 2. The van der Waals surface area contributed by atoms with Gasteiger partial charge in [-0.2, -0.15) is 0 Å². The van der Waals surface area contributed by atoms with Crippen molar-refractivity contribution in [3.63, 3.8) is 0 Å². The van der Waals surface area contributed by atoms with Crippen LogP contribution < -0.4 is 5.48 Å². The van der Waals surface area contributed by atoms with E-state index in [1.807, 2.05) is 0 Å². The van der Waals surface area contributed by atoms with Gasteiger partial charge in [0.1, 0.15) is 0 Å².